The lowest BCUT2D eigenvalue weighted by Gasteiger charge is -2.12. The van der Waals surface area contributed by atoms with E-state index in [2.05, 4.69) is 10.0 Å². The maximum absolute atomic E-state index is 12.7. The number of amides is 1. The fourth-order valence-electron chi connectivity index (χ4n) is 2.54. The summed E-state index contributed by atoms with van der Waals surface area (Å²) < 4.78 is 27.9. The van der Waals surface area contributed by atoms with E-state index < -0.39 is 15.9 Å². The Morgan fingerprint density at radius 1 is 0.857 bits per heavy atom. The molecule has 0 fully saturated rings. The van der Waals surface area contributed by atoms with E-state index in [9.17, 15) is 13.2 Å². The van der Waals surface area contributed by atoms with Crippen LogP contribution in [0.1, 0.15) is 15.9 Å². The van der Waals surface area contributed by atoms with E-state index >= 15 is 0 Å². The highest BCUT2D eigenvalue weighted by Gasteiger charge is 2.18. The molecule has 0 aromatic heterocycles. The summed E-state index contributed by atoms with van der Waals surface area (Å²) in [5.41, 5.74) is 1.73. The quantitative estimate of drug-likeness (QED) is 0.567. The molecule has 2 N–H and O–H groups in total. The zero-order valence-corrected chi connectivity index (χ0v) is 17.1. The lowest BCUT2D eigenvalue weighted by molar-refractivity contribution is 0.102. The van der Waals surface area contributed by atoms with Crippen molar-refractivity contribution in [2.24, 2.45) is 0 Å². The average molecular weight is 435 g/mol. The molecule has 144 valence electrons. The minimum absolute atomic E-state index is 0.0330. The van der Waals surface area contributed by atoms with Crippen LogP contribution >= 0.6 is 23.2 Å². The third-order valence-corrected chi connectivity index (χ3v) is 5.77. The van der Waals surface area contributed by atoms with Crippen molar-refractivity contribution in [3.63, 3.8) is 0 Å². The zero-order chi connectivity index (χ0) is 20.3. The number of hydrogen-bond acceptors (Lipinski definition) is 3. The summed E-state index contributed by atoms with van der Waals surface area (Å²) in [6.07, 6.45) is 0. The Labute approximate surface area is 173 Å². The standard InChI is InChI=1S/C20H16Cl2N2O3S/c1-13-8-9-18(28(26,27)24-17-7-3-5-15(22)11-17)12-19(13)20(25)23-16-6-2-4-14(21)10-16/h2-12,24H,1H3,(H,23,25). The molecule has 0 aliphatic rings. The highest BCUT2D eigenvalue weighted by Crippen LogP contribution is 2.22. The molecular weight excluding hydrogens is 419 g/mol. The maximum Gasteiger partial charge on any atom is 0.261 e. The first kappa shape index (κ1) is 20.2. The molecule has 0 saturated carbocycles. The Hall–Kier alpha value is -2.54. The molecule has 0 aliphatic heterocycles. The van der Waals surface area contributed by atoms with Crippen molar-refractivity contribution in [2.75, 3.05) is 10.0 Å². The van der Waals surface area contributed by atoms with E-state index in [1.165, 1.54) is 18.2 Å². The smallest absolute Gasteiger partial charge is 0.261 e. The Kier molecular flexibility index (Phi) is 5.93. The molecule has 0 aliphatic carbocycles. The monoisotopic (exact) mass is 434 g/mol. The van der Waals surface area contributed by atoms with Gasteiger partial charge in [-0.2, -0.15) is 0 Å². The molecule has 0 saturated heterocycles. The van der Waals surface area contributed by atoms with Gasteiger partial charge in [0.25, 0.3) is 15.9 Å². The number of carbonyl (C=O) groups excluding carboxylic acids is 1. The maximum atomic E-state index is 12.7. The summed E-state index contributed by atoms with van der Waals surface area (Å²) in [5.74, 6) is -0.431. The second-order valence-corrected chi connectivity index (χ2v) is 8.61. The van der Waals surface area contributed by atoms with E-state index in [0.29, 0.717) is 27.0 Å². The molecule has 0 heterocycles. The number of sulfonamides is 1. The lowest BCUT2D eigenvalue weighted by atomic mass is 10.1. The zero-order valence-electron chi connectivity index (χ0n) is 14.7. The van der Waals surface area contributed by atoms with E-state index in [0.717, 1.165) is 0 Å². The van der Waals surface area contributed by atoms with Crippen molar-refractivity contribution in [1.29, 1.82) is 0 Å². The van der Waals surface area contributed by atoms with Gasteiger partial charge in [0.15, 0.2) is 0 Å². The molecule has 0 spiro atoms. The van der Waals surface area contributed by atoms with Gasteiger partial charge in [-0.05, 0) is 61.0 Å². The van der Waals surface area contributed by atoms with E-state index in [4.69, 9.17) is 23.2 Å². The predicted molar refractivity (Wildman–Crippen MR) is 113 cm³/mol. The molecule has 0 unspecified atom stereocenters. The summed E-state index contributed by atoms with van der Waals surface area (Å²) >= 11 is 11.8. The van der Waals surface area contributed by atoms with Gasteiger partial charge >= 0.3 is 0 Å². The van der Waals surface area contributed by atoms with Crippen LogP contribution in [0.15, 0.2) is 71.6 Å². The van der Waals surface area contributed by atoms with Crippen LogP contribution in [0.25, 0.3) is 0 Å². The topological polar surface area (TPSA) is 75.3 Å². The molecular formula is C20H16Cl2N2O3S. The molecule has 1 amide bonds. The Morgan fingerprint density at radius 2 is 1.46 bits per heavy atom. The third-order valence-electron chi connectivity index (χ3n) is 3.92. The summed E-state index contributed by atoms with van der Waals surface area (Å²) in [6, 6.07) is 17.4. The van der Waals surface area contributed by atoms with Crippen LogP contribution in [0.2, 0.25) is 10.0 Å². The Morgan fingerprint density at radius 3 is 2.11 bits per heavy atom. The Bertz CT molecular complexity index is 1150. The number of hydrogen-bond donors (Lipinski definition) is 2. The normalized spacial score (nSPS) is 11.1. The van der Waals surface area contributed by atoms with Gasteiger partial charge in [0.2, 0.25) is 0 Å². The molecule has 28 heavy (non-hydrogen) atoms. The summed E-state index contributed by atoms with van der Waals surface area (Å²) in [6.45, 7) is 1.73. The number of nitrogens with one attached hydrogen (secondary N) is 2. The van der Waals surface area contributed by atoms with Gasteiger partial charge in [0.05, 0.1) is 10.6 Å². The second kappa shape index (κ2) is 8.22. The van der Waals surface area contributed by atoms with E-state index in [1.54, 1.807) is 55.5 Å². The first-order valence-corrected chi connectivity index (χ1v) is 10.4. The van der Waals surface area contributed by atoms with Gasteiger partial charge in [0.1, 0.15) is 0 Å². The average Bonchev–Trinajstić information content (AvgIpc) is 2.61. The summed E-state index contributed by atoms with van der Waals surface area (Å²) in [4.78, 5) is 12.6. The fraction of sp³-hybridized carbons (Fsp3) is 0.0500. The SMILES string of the molecule is Cc1ccc(S(=O)(=O)Nc2cccc(Cl)c2)cc1C(=O)Nc1cccc(Cl)c1. The molecule has 8 heteroatoms. The number of rotatable bonds is 5. The molecule has 0 atom stereocenters. The lowest BCUT2D eigenvalue weighted by Crippen LogP contribution is -2.17. The number of benzene rings is 3. The Balaban J connectivity index is 1.89. The van der Waals surface area contributed by atoms with Crippen molar-refractivity contribution in [3.05, 3.63) is 87.9 Å². The van der Waals surface area contributed by atoms with Gasteiger partial charge < -0.3 is 5.32 Å². The van der Waals surface area contributed by atoms with Gasteiger partial charge in [-0.25, -0.2) is 8.42 Å². The highest BCUT2D eigenvalue weighted by atomic mass is 35.5. The van der Waals surface area contributed by atoms with Crippen molar-refractivity contribution in [3.8, 4) is 0 Å². The molecule has 3 rings (SSSR count). The van der Waals surface area contributed by atoms with Crippen LogP contribution in [0.4, 0.5) is 11.4 Å². The number of aryl methyl sites for hydroxylation is 1. The predicted octanol–water partition coefficient (Wildman–Crippen LogP) is 5.35. The van der Waals surface area contributed by atoms with Gasteiger partial charge in [-0.1, -0.05) is 41.4 Å². The van der Waals surface area contributed by atoms with Crippen LogP contribution in [-0.2, 0) is 10.0 Å². The second-order valence-electron chi connectivity index (χ2n) is 6.06. The van der Waals surface area contributed by atoms with E-state index in [-0.39, 0.29) is 10.5 Å². The van der Waals surface area contributed by atoms with Crippen LogP contribution in [-0.4, -0.2) is 14.3 Å². The molecule has 3 aromatic rings. The third kappa shape index (κ3) is 4.84. The minimum Gasteiger partial charge on any atom is -0.322 e. The highest BCUT2D eigenvalue weighted by molar-refractivity contribution is 7.92. The number of halogens is 2. The van der Waals surface area contributed by atoms with E-state index in [1.807, 2.05) is 0 Å². The summed E-state index contributed by atoms with van der Waals surface area (Å²) in [5, 5.41) is 3.61. The molecule has 0 radical (unpaired) electrons. The van der Waals surface area contributed by atoms with Crippen molar-refractivity contribution < 1.29 is 13.2 Å². The molecule has 3 aromatic carbocycles. The largest absolute Gasteiger partial charge is 0.322 e. The van der Waals surface area contributed by atoms with Crippen LogP contribution in [0.3, 0.4) is 0 Å². The van der Waals surface area contributed by atoms with Gasteiger partial charge in [-0.15, -0.1) is 0 Å². The summed E-state index contributed by atoms with van der Waals surface area (Å²) in [7, 11) is -3.89. The van der Waals surface area contributed by atoms with Crippen molar-refractivity contribution >= 4 is 50.5 Å². The molecule has 0 bridgehead atoms. The molecule has 5 nitrogen and oxygen atoms in total. The number of anilines is 2. The van der Waals surface area contributed by atoms with Crippen LogP contribution in [0, 0.1) is 6.92 Å². The van der Waals surface area contributed by atoms with Gasteiger partial charge in [-0.3, -0.25) is 9.52 Å². The first-order chi connectivity index (χ1) is 13.2. The number of carbonyl (C=O) groups is 1. The van der Waals surface area contributed by atoms with Crippen molar-refractivity contribution in [2.45, 2.75) is 11.8 Å². The van der Waals surface area contributed by atoms with Crippen LogP contribution in [0.5, 0.6) is 0 Å². The van der Waals surface area contributed by atoms with Crippen LogP contribution < -0.4 is 10.0 Å². The van der Waals surface area contributed by atoms with Gasteiger partial charge in [0, 0.05) is 21.3 Å². The van der Waals surface area contributed by atoms with Crippen molar-refractivity contribution in [1.82, 2.24) is 0 Å². The fourth-order valence-corrected chi connectivity index (χ4v) is 4.00. The first-order valence-electron chi connectivity index (χ1n) is 8.20. The minimum atomic E-state index is -3.89.